The smallest absolute Gasteiger partial charge is 0.259 e. The molecule has 0 saturated heterocycles. The van der Waals surface area contributed by atoms with Crippen LogP contribution in [-0.2, 0) is 4.79 Å². The largest absolute Gasteiger partial charge is 0.359 e. The Morgan fingerprint density at radius 1 is 1.12 bits per heavy atom. The van der Waals surface area contributed by atoms with Crippen molar-refractivity contribution in [1.82, 2.24) is 15.0 Å². The third-order valence-corrected chi connectivity index (χ3v) is 6.69. The van der Waals surface area contributed by atoms with Crippen molar-refractivity contribution in [1.29, 1.82) is 0 Å². The maximum Gasteiger partial charge on any atom is 0.259 e. The number of nitrogens with two attached hydrogens (primary N) is 1. The van der Waals surface area contributed by atoms with Gasteiger partial charge in [-0.15, -0.1) is 12.4 Å². The number of amides is 1. The molecule has 6 nitrogen and oxygen atoms in total. The molecule has 1 saturated carbocycles. The number of H-pyrrole nitrogens is 1. The zero-order valence-electron chi connectivity index (χ0n) is 19.0. The predicted molar refractivity (Wildman–Crippen MR) is 135 cm³/mol. The van der Waals surface area contributed by atoms with E-state index in [4.69, 9.17) is 5.73 Å². The number of rotatable bonds is 4. The van der Waals surface area contributed by atoms with Crippen molar-refractivity contribution in [3.05, 3.63) is 65.2 Å². The lowest BCUT2D eigenvalue weighted by Crippen LogP contribution is -2.36. The standard InChI is InChI=1S/C26H29N5O.ClH/c1-16-12-17(2)30-23(16)14-22-21-9-6-19(25-28-10-3-11-29-25)13-24(21)31(26(22)32)15-18-4-7-20(27)8-5-18;/h3,6,9-14,18,20,30H,4-5,7-8,15,27H2,1-2H3;1H/b22-14-;. The van der Waals surface area contributed by atoms with Gasteiger partial charge in [-0.3, -0.25) is 4.79 Å². The zero-order valence-corrected chi connectivity index (χ0v) is 19.9. The first-order chi connectivity index (χ1) is 15.5. The van der Waals surface area contributed by atoms with Gasteiger partial charge in [0.1, 0.15) is 0 Å². The highest BCUT2D eigenvalue weighted by Gasteiger charge is 2.35. The molecule has 0 atom stereocenters. The average Bonchev–Trinajstić information content (AvgIpc) is 3.26. The van der Waals surface area contributed by atoms with E-state index in [1.54, 1.807) is 12.4 Å². The van der Waals surface area contributed by atoms with Crippen LogP contribution < -0.4 is 10.6 Å². The summed E-state index contributed by atoms with van der Waals surface area (Å²) in [7, 11) is 0. The molecule has 1 aliphatic heterocycles. The van der Waals surface area contributed by atoms with Crippen molar-refractivity contribution >= 4 is 35.7 Å². The number of benzene rings is 1. The molecule has 0 spiro atoms. The Morgan fingerprint density at radius 3 is 2.52 bits per heavy atom. The van der Waals surface area contributed by atoms with Gasteiger partial charge in [0.25, 0.3) is 5.91 Å². The van der Waals surface area contributed by atoms with Crippen molar-refractivity contribution in [3.63, 3.8) is 0 Å². The summed E-state index contributed by atoms with van der Waals surface area (Å²) in [5.41, 5.74) is 12.9. The number of aromatic nitrogens is 3. The van der Waals surface area contributed by atoms with Gasteiger partial charge in [0, 0.05) is 47.5 Å². The Hall–Kier alpha value is -2.96. The van der Waals surface area contributed by atoms with Crippen molar-refractivity contribution in [2.75, 3.05) is 11.4 Å². The number of hydrogen-bond donors (Lipinski definition) is 2. The van der Waals surface area contributed by atoms with E-state index in [-0.39, 0.29) is 18.3 Å². The first-order valence-corrected chi connectivity index (χ1v) is 11.4. The monoisotopic (exact) mass is 463 g/mol. The SMILES string of the molecule is Cc1cc(C)c(/C=C2\C(=O)N(CC3CCC(N)CC3)c3cc(-c4ncccn4)ccc32)[nH]1.Cl. The van der Waals surface area contributed by atoms with Crippen LogP contribution in [0.1, 0.15) is 48.2 Å². The molecule has 1 aliphatic carbocycles. The van der Waals surface area contributed by atoms with Crippen molar-refractivity contribution in [3.8, 4) is 11.4 Å². The third kappa shape index (κ3) is 4.59. The fourth-order valence-electron chi connectivity index (χ4n) is 4.93. The molecule has 0 bridgehead atoms. The number of hydrogen-bond acceptors (Lipinski definition) is 4. The lowest BCUT2D eigenvalue weighted by atomic mass is 9.86. The molecule has 0 unspecified atom stereocenters. The van der Waals surface area contributed by atoms with E-state index >= 15 is 0 Å². The Labute approximate surface area is 200 Å². The highest BCUT2D eigenvalue weighted by molar-refractivity contribution is 6.36. The second kappa shape index (κ2) is 9.49. The molecule has 3 aromatic rings. The van der Waals surface area contributed by atoms with Gasteiger partial charge >= 0.3 is 0 Å². The number of nitrogens with zero attached hydrogens (tertiary/aromatic N) is 3. The van der Waals surface area contributed by atoms with Crippen molar-refractivity contribution in [2.24, 2.45) is 11.7 Å². The maximum absolute atomic E-state index is 13.7. The summed E-state index contributed by atoms with van der Waals surface area (Å²) in [5, 5.41) is 0. The molecule has 2 aromatic heterocycles. The van der Waals surface area contributed by atoms with Gasteiger partial charge < -0.3 is 15.6 Å². The maximum atomic E-state index is 13.7. The fourth-order valence-corrected chi connectivity index (χ4v) is 4.93. The molecule has 1 amide bonds. The van der Waals surface area contributed by atoms with Crippen LogP contribution in [0.5, 0.6) is 0 Å². The van der Waals surface area contributed by atoms with Crippen LogP contribution in [0.25, 0.3) is 23.0 Å². The van der Waals surface area contributed by atoms with E-state index in [0.29, 0.717) is 17.8 Å². The van der Waals surface area contributed by atoms with E-state index in [0.717, 1.165) is 71.6 Å². The molecule has 33 heavy (non-hydrogen) atoms. The van der Waals surface area contributed by atoms with E-state index in [9.17, 15) is 4.79 Å². The summed E-state index contributed by atoms with van der Waals surface area (Å²) in [5.74, 6) is 1.20. The summed E-state index contributed by atoms with van der Waals surface area (Å²) in [6.07, 6.45) is 9.67. The Balaban J connectivity index is 0.00000259. The summed E-state index contributed by atoms with van der Waals surface area (Å²) < 4.78 is 0. The molecule has 0 radical (unpaired) electrons. The molecular weight excluding hydrogens is 434 g/mol. The highest BCUT2D eigenvalue weighted by atomic mass is 35.5. The molecular formula is C26H30ClN5O. The zero-order chi connectivity index (χ0) is 22.2. The van der Waals surface area contributed by atoms with Gasteiger partial charge in [-0.2, -0.15) is 0 Å². The second-order valence-corrected chi connectivity index (χ2v) is 9.11. The predicted octanol–water partition coefficient (Wildman–Crippen LogP) is 4.92. The lowest BCUT2D eigenvalue weighted by Gasteiger charge is -2.30. The third-order valence-electron chi connectivity index (χ3n) is 6.69. The number of halogens is 1. The summed E-state index contributed by atoms with van der Waals surface area (Å²) in [6.45, 7) is 4.82. The van der Waals surface area contributed by atoms with Crippen LogP contribution >= 0.6 is 12.4 Å². The van der Waals surface area contributed by atoms with Crippen molar-refractivity contribution < 1.29 is 4.79 Å². The number of carbonyl (C=O) groups excluding carboxylic acids is 1. The molecule has 5 rings (SSSR count). The number of carbonyl (C=O) groups is 1. The molecule has 172 valence electrons. The van der Waals surface area contributed by atoms with E-state index < -0.39 is 0 Å². The van der Waals surface area contributed by atoms with Crippen LogP contribution in [0.4, 0.5) is 5.69 Å². The van der Waals surface area contributed by atoms with Crippen LogP contribution in [-0.4, -0.2) is 33.4 Å². The van der Waals surface area contributed by atoms with Gasteiger partial charge in [-0.05, 0) is 75.3 Å². The van der Waals surface area contributed by atoms with Crippen LogP contribution in [0.3, 0.4) is 0 Å². The number of anilines is 1. The molecule has 1 aromatic carbocycles. The van der Waals surface area contributed by atoms with Crippen LogP contribution in [0, 0.1) is 19.8 Å². The Bertz CT molecular complexity index is 1180. The number of aromatic amines is 1. The quantitative estimate of drug-likeness (QED) is 0.538. The van der Waals surface area contributed by atoms with Gasteiger partial charge in [-0.25, -0.2) is 9.97 Å². The summed E-state index contributed by atoms with van der Waals surface area (Å²) in [4.78, 5) is 27.8. The first-order valence-electron chi connectivity index (χ1n) is 11.4. The normalized spacial score (nSPS) is 21.2. The number of aryl methyl sites for hydroxylation is 2. The summed E-state index contributed by atoms with van der Waals surface area (Å²) >= 11 is 0. The minimum Gasteiger partial charge on any atom is -0.359 e. The van der Waals surface area contributed by atoms with Crippen LogP contribution in [0.2, 0.25) is 0 Å². The highest BCUT2D eigenvalue weighted by Crippen LogP contribution is 2.41. The fraction of sp³-hybridized carbons (Fsp3) is 0.346. The van der Waals surface area contributed by atoms with Crippen LogP contribution in [0.15, 0.2) is 42.7 Å². The minimum atomic E-state index is 0. The van der Waals surface area contributed by atoms with Gasteiger partial charge in [-0.1, -0.05) is 12.1 Å². The topological polar surface area (TPSA) is 87.9 Å². The van der Waals surface area contributed by atoms with E-state index in [1.807, 2.05) is 36.1 Å². The van der Waals surface area contributed by atoms with E-state index in [2.05, 4.69) is 34.0 Å². The molecule has 3 heterocycles. The molecule has 1 fully saturated rings. The van der Waals surface area contributed by atoms with E-state index in [1.165, 1.54) is 0 Å². The Morgan fingerprint density at radius 2 is 1.85 bits per heavy atom. The number of nitrogens with one attached hydrogen (secondary N) is 1. The minimum absolute atomic E-state index is 0. The van der Waals surface area contributed by atoms with Gasteiger partial charge in [0.2, 0.25) is 0 Å². The lowest BCUT2D eigenvalue weighted by molar-refractivity contribution is -0.113. The second-order valence-electron chi connectivity index (χ2n) is 9.11. The Kier molecular flexibility index (Phi) is 6.68. The number of fused-ring (bicyclic) bond motifs is 1. The van der Waals surface area contributed by atoms with Gasteiger partial charge in [0.15, 0.2) is 5.82 Å². The first kappa shape index (κ1) is 23.2. The van der Waals surface area contributed by atoms with Crippen molar-refractivity contribution in [2.45, 2.75) is 45.6 Å². The molecule has 3 N–H and O–H groups in total. The average molecular weight is 464 g/mol. The van der Waals surface area contributed by atoms with Gasteiger partial charge in [0.05, 0.1) is 11.3 Å². The molecule has 7 heteroatoms. The molecule has 2 aliphatic rings. The summed E-state index contributed by atoms with van der Waals surface area (Å²) in [6, 6.07) is 10.3.